The van der Waals surface area contributed by atoms with E-state index in [9.17, 15) is 4.79 Å². The number of rotatable bonds is 3. The maximum absolute atomic E-state index is 12.2. The molecule has 2 atom stereocenters. The average Bonchev–Trinajstić information content (AvgIpc) is 2.37. The minimum absolute atomic E-state index is 0.201. The van der Waals surface area contributed by atoms with E-state index in [0.717, 1.165) is 12.8 Å². The highest BCUT2D eigenvalue weighted by molar-refractivity contribution is 7.99. The molecule has 0 N–H and O–H groups in total. The molecule has 2 rings (SSSR count). The van der Waals surface area contributed by atoms with Crippen LogP contribution in [0.3, 0.4) is 0 Å². The zero-order chi connectivity index (χ0) is 13.0. The molecule has 2 heterocycles. The first kappa shape index (κ1) is 13.3. The molecular weight excluding hydrogens is 246 g/mol. The molecule has 0 spiro atoms. The molecule has 0 radical (unpaired) electrons. The van der Waals surface area contributed by atoms with E-state index >= 15 is 0 Å². The Morgan fingerprint density at radius 1 is 1.33 bits per heavy atom. The van der Waals surface area contributed by atoms with Gasteiger partial charge in [0, 0.05) is 24.5 Å². The lowest BCUT2D eigenvalue weighted by Gasteiger charge is -2.39. The van der Waals surface area contributed by atoms with E-state index in [-0.39, 0.29) is 5.91 Å². The van der Waals surface area contributed by atoms with Gasteiger partial charge in [0.1, 0.15) is 0 Å². The summed E-state index contributed by atoms with van der Waals surface area (Å²) in [5, 5.41) is 0.670. The molecule has 1 aromatic rings. The third kappa shape index (κ3) is 3.22. The molecule has 4 nitrogen and oxygen atoms in total. The van der Waals surface area contributed by atoms with Crippen molar-refractivity contribution in [2.75, 3.05) is 5.75 Å². The van der Waals surface area contributed by atoms with Gasteiger partial charge in [0.05, 0.1) is 5.75 Å². The SMILES string of the molecule is C[C@H]1CCC[C@H](C)N1C(=O)CSc1ncccn1. The predicted molar refractivity (Wildman–Crippen MR) is 72.4 cm³/mol. The van der Waals surface area contributed by atoms with Crippen molar-refractivity contribution in [3.63, 3.8) is 0 Å². The van der Waals surface area contributed by atoms with Gasteiger partial charge in [-0.3, -0.25) is 4.79 Å². The van der Waals surface area contributed by atoms with Crippen LogP contribution in [-0.2, 0) is 4.79 Å². The van der Waals surface area contributed by atoms with Crippen molar-refractivity contribution in [2.45, 2.75) is 50.4 Å². The zero-order valence-corrected chi connectivity index (χ0v) is 11.7. The monoisotopic (exact) mass is 265 g/mol. The topological polar surface area (TPSA) is 46.1 Å². The van der Waals surface area contributed by atoms with E-state index in [1.807, 2.05) is 4.90 Å². The number of nitrogens with zero attached hydrogens (tertiary/aromatic N) is 3. The maximum atomic E-state index is 12.2. The summed E-state index contributed by atoms with van der Waals surface area (Å²) in [6.45, 7) is 4.27. The Kier molecular flexibility index (Phi) is 4.58. The molecule has 0 bridgehead atoms. The predicted octanol–water partition coefficient (Wildman–Crippen LogP) is 2.36. The highest BCUT2D eigenvalue weighted by Gasteiger charge is 2.28. The Balaban J connectivity index is 1.91. The molecule has 1 aliphatic rings. The lowest BCUT2D eigenvalue weighted by molar-refractivity contribution is -0.134. The quantitative estimate of drug-likeness (QED) is 0.622. The number of carbonyl (C=O) groups is 1. The lowest BCUT2D eigenvalue weighted by atomic mass is 9.98. The summed E-state index contributed by atoms with van der Waals surface area (Å²) in [7, 11) is 0. The number of piperidine rings is 1. The van der Waals surface area contributed by atoms with Crippen LogP contribution in [0.1, 0.15) is 33.1 Å². The van der Waals surface area contributed by atoms with Gasteiger partial charge >= 0.3 is 0 Å². The average molecular weight is 265 g/mol. The number of hydrogen-bond donors (Lipinski definition) is 0. The fourth-order valence-electron chi connectivity index (χ4n) is 2.47. The van der Waals surface area contributed by atoms with Gasteiger partial charge in [-0.25, -0.2) is 9.97 Å². The van der Waals surface area contributed by atoms with Crippen LogP contribution in [0, 0.1) is 0 Å². The van der Waals surface area contributed by atoms with Gasteiger partial charge in [0.2, 0.25) is 5.91 Å². The second-order valence-electron chi connectivity index (χ2n) is 4.75. The van der Waals surface area contributed by atoms with E-state index in [1.165, 1.54) is 18.2 Å². The Morgan fingerprint density at radius 3 is 2.56 bits per heavy atom. The molecular formula is C13H19N3OS. The third-order valence-corrected chi connectivity index (χ3v) is 4.21. The summed E-state index contributed by atoms with van der Waals surface area (Å²) in [6.07, 6.45) is 6.85. The van der Waals surface area contributed by atoms with E-state index < -0.39 is 0 Å². The number of likely N-dealkylation sites (tertiary alicyclic amines) is 1. The van der Waals surface area contributed by atoms with E-state index in [0.29, 0.717) is 23.0 Å². The van der Waals surface area contributed by atoms with Crippen LogP contribution in [0.2, 0.25) is 0 Å². The second kappa shape index (κ2) is 6.18. The molecule has 18 heavy (non-hydrogen) atoms. The van der Waals surface area contributed by atoms with Crippen molar-refractivity contribution < 1.29 is 4.79 Å². The molecule has 1 fully saturated rings. The molecule has 1 aliphatic heterocycles. The van der Waals surface area contributed by atoms with Gasteiger partial charge in [-0.1, -0.05) is 11.8 Å². The Hall–Kier alpha value is -1.10. The van der Waals surface area contributed by atoms with Crippen LogP contribution >= 0.6 is 11.8 Å². The van der Waals surface area contributed by atoms with Crippen molar-refractivity contribution in [2.24, 2.45) is 0 Å². The maximum Gasteiger partial charge on any atom is 0.233 e. The van der Waals surface area contributed by atoms with Crippen molar-refractivity contribution in [1.29, 1.82) is 0 Å². The van der Waals surface area contributed by atoms with Gasteiger partial charge in [-0.05, 0) is 39.2 Å². The van der Waals surface area contributed by atoms with Crippen LogP contribution in [0.15, 0.2) is 23.6 Å². The number of thioether (sulfide) groups is 1. The molecule has 0 aliphatic carbocycles. The first-order valence-corrected chi connectivity index (χ1v) is 7.38. The van der Waals surface area contributed by atoms with E-state index in [1.54, 1.807) is 18.5 Å². The van der Waals surface area contributed by atoms with Gasteiger partial charge in [-0.15, -0.1) is 0 Å². The van der Waals surface area contributed by atoms with Crippen LogP contribution in [-0.4, -0.2) is 38.6 Å². The Labute approximate surface area is 112 Å². The molecule has 0 aromatic carbocycles. The molecule has 5 heteroatoms. The second-order valence-corrected chi connectivity index (χ2v) is 5.69. The first-order chi connectivity index (χ1) is 8.68. The minimum atomic E-state index is 0.201. The van der Waals surface area contributed by atoms with Crippen molar-refractivity contribution in [1.82, 2.24) is 14.9 Å². The van der Waals surface area contributed by atoms with Crippen molar-refractivity contribution >= 4 is 17.7 Å². The molecule has 1 aromatic heterocycles. The Bertz CT molecular complexity index is 388. The van der Waals surface area contributed by atoms with Crippen LogP contribution < -0.4 is 0 Å². The zero-order valence-electron chi connectivity index (χ0n) is 10.9. The normalized spacial score (nSPS) is 24.0. The highest BCUT2D eigenvalue weighted by atomic mass is 32.2. The summed E-state index contributed by atoms with van der Waals surface area (Å²) in [5.74, 6) is 0.630. The van der Waals surface area contributed by atoms with Crippen molar-refractivity contribution in [3.8, 4) is 0 Å². The van der Waals surface area contributed by atoms with Crippen LogP contribution in [0.25, 0.3) is 0 Å². The van der Waals surface area contributed by atoms with Gasteiger partial charge in [0.15, 0.2) is 5.16 Å². The third-order valence-electron chi connectivity index (χ3n) is 3.35. The number of aromatic nitrogens is 2. The molecule has 1 amide bonds. The minimum Gasteiger partial charge on any atom is -0.337 e. The summed E-state index contributed by atoms with van der Waals surface area (Å²) in [5.41, 5.74) is 0. The Morgan fingerprint density at radius 2 is 1.94 bits per heavy atom. The summed E-state index contributed by atoms with van der Waals surface area (Å²) in [4.78, 5) is 22.5. The summed E-state index contributed by atoms with van der Waals surface area (Å²) < 4.78 is 0. The number of carbonyl (C=O) groups excluding carboxylic acids is 1. The number of hydrogen-bond acceptors (Lipinski definition) is 4. The van der Waals surface area contributed by atoms with Crippen LogP contribution in [0.5, 0.6) is 0 Å². The fraction of sp³-hybridized carbons (Fsp3) is 0.615. The fourth-order valence-corrected chi connectivity index (χ4v) is 3.15. The molecule has 0 saturated carbocycles. The van der Waals surface area contributed by atoms with Gasteiger partial charge in [-0.2, -0.15) is 0 Å². The number of amides is 1. The largest absolute Gasteiger partial charge is 0.337 e. The van der Waals surface area contributed by atoms with Crippen LogP contribution in [0.4, 0.5) is 0 Å². The van der Waals surface area contributed by atoms with E-state index in [2.05, 4.69) is 23.8 Å². The molecule has 1 saturated heterocycles. The van der Waals surface area contributed by atoms with Crippen molar-refractivity contribution in [3.05, 3.63) is 18.5 Å². The highest BCUT2D eigenvalue weighted by Crippen LogP contribution is 2.24. The van der Waals surface area contributed by atoms with Gasteiger partial charge < -0.3 is 4.90 Å². The molecule has 98 valence electrons. The first-order valence-electron chi connectivity index (χ1n) is 6.39. The van der Waals surface area contributed by atoms with E-state index in [4.69, 9.17) is 0 Å². The van der Waals surface area contributed by atoms with Gasteiger partial charge in [0.25, 0.3) is 0 Å². The summed E-state index contributed by atoms with van der Waals surface area (Å²) >= 11 is 1.41. The standard InChI is InChI=1S/C13H19N3OS/c1-10-5-3-6-11(2)16(10)12(17)9-18-13-14-7-4-8-15-13/h4,7-8,10-11H,3,5-6,9H2,1-2H3/t10-,11-/m0/s1. The molecule has 0 unspecified atom stereocenters. The summed E-state index contributed by atoms with van der Waals surface area (Å²) in [6, 6.07) is 2.50. The smallest absolute Gasteiger partial charge is 0.233 e. The lowest BCUT2D eigenvalue weighted by Crippen LogP contribution is -2.48.